The predicted molar refractivity (Wildman–Crippen MR) is 44.5 cm³/mol. The highest BCUT2D eigenvalue weighted by Gasteiger charge is 1.96. The molecule has 1 aliphatic heterocycles. The third-order valence-corrected chi connectivity index (χ3v) is 3.37. The maximum absolute atomic E-state index is 2.01. The number of hydrogen-bond acceptors (Lipinski definition) is 2. The van der Waals surface area contributed by atoms with Crippen molar-refractivity contribution in [1.82, 2.24) is 0 Å². The highest BCUT2D eigenvalue weighted by Crippen LogP contribution is 2.28. The van der Waals surface area contributed by atoms with Gasteiger partial charge in [0.05, 0.1) is 0 Å². The van der Waals surface area contributed by atoms with E-state index in [9.17, 15) is 0 Å². The third kappa shape index (κ3) is 3.62. The molecule has 44 valence electrons. The van der Waals surface area contributed by atoms with E-state index in [1.807, 2.05) is 21.6 Å². The van der Waals surface area contributed by atoms with Gasteiger partial charge in [-0.25, -0.2) is 0 Å². The SMILES string of the molecule is C1CCSSC1.S. The minimum absolute atomic E-state index is 0. The van der Waals surface area contributed by atoms with E-state index in [2.05, 4.69) is 0 Å². The standard InChI is InChI=1S/C4H8S2.H2S/c1-2-4-6-5-3-1;/h1-4H2;1H2. The van der Waals surface area contributed by atoms with Gasteiger partial charge in [0, 0.05) is 11.5 Å². The van der Waals surface area contributed by atoms with E-state index in [4.69, 9.17) is 0 Å². The third-order valence-electron chi connectivity index (χ3n) is 0.789. The zero-order valence-corrected chi connectivity index (χ0v) is 6.78. The molecule has 1 rings (SSSR count). The van der Waals surface area contributed by atoms with Gasteiger partial charge in [-0.3, -0.25) is 0 Å². The van der Waals surface area contributed by atoms with Crippen molar-refractivity contribution in [1.29, 1.82) is 0 Å². The van der Waals surface area contributed by atoms with Gasteiger partial charge in [-0.15, -0.1) is 0 Å². The number of rotatable bonds is 0. The Hall–Kier alpha value is 1.05. The first-order valence-corrected chi connectivity index (χ1v) is 4.73. The van der Waals surface area contributed by atoms with Crippen molar-refractivity contribution in [3.8, 4) is 0 Å². The molecule has 0 nitrogen and oxygen atoms in total. The van der Waals surface area contributed by atoms with Crippen molar-refractivity contribution < 1.29 is 0 Å². The molecule has 0 aromatic carbocycles. The molecule has 0 aromatic heterocycles. The summed E-state index contributed by atoms with van der Waals surface area (Å²) in [6.45, 7) is 0. The molecule has 0 unspecified atom stereocenters. The van der Waals surface area contributed by atoms with E-state index in [-0.39, 0.29) is 13.5 Å². The molecular formula is C4H10S3. The molecule has 7 heavy (non-hydrogen) atoms. The smallest absolute Gasteiger partial charge is 0.00372 e. The molecule has 0 radical (unpaired) electrons. The molecule has 0 aliphatic carbocycles. The van der Waals surface area contributed by atoms with Crippen LogP contribution in [0.3, 0.4) is 0 Å². The lowest BCUT2D eigenvalue weighted by molar-refractivity contribution is 0.906. The van der Waals surface area contributed by atoms with Crippen LogP contribution in [0.5, 0.6) is 0 Å². The van der Waals surface area contributed by atoms with Crippen LogP contribution in [0, 0.1) is 0 Å². The summed E-state index contributed by atoms with van der Waals surface area (Å²) < 4.78 is 0. The van der Waals surface area contributed by atoms with Gasteiger partial charge < -0.3 is 0 Å². The second-order valence-electron chi connectivity index (χ2n) is 1.35. The zero-order valence-electron chi connectivity index (χ0n) is 4.14. The van der Waals surface area contributed by atoms with E-state index in [1.54, 1.807) is 0 Å². The van der Waals surface area contributed by atoms with Crippen LogP contribution >= 0.6 is 35.1 Å². The summed E-state index contributed by atoms with van der Waals surface area (Å²) in [6, 6.07) is 0. The predicted octanol–water partition coefficient (Wildman–Crippen LogP) is 2.27. The van der Waals surface area contributed by atoms with Crippen LogP contribution in [0.1, 0.15) is 12.8 Å². The summed E-state index contributed by atoms with van der Waals surface area (Å²) in [4.78, 5) is 0. The van der Waals surface area contributed by atoms with E-state index in [0.29, 0.717) is 0 Å². The first kappa shape index (κ1) is 8.05. The molecule has 3 heteroatoms. The van der Waals surface area contributed by atoms with Gasteiger partial charge in [0.25, 0.3) is 0 Å². The van der Waals surface area contributed by atoms with Crippen molar-refractivity contribution >= 4 is 35.1 Å². The molecule has 0 bridgehead atoms. The second kappa shape index (κ2) is 5.19. The zero-order chi connectivity index (χ0) is 4.24. The van der Waals surface area contributed by atoms with E-state index in [1.165, 1.54) is 24.3 Å². The maximum atomic E-state index is 2.01. The van der Waals surface area contributed by atoms with Crippen molar-refractivity contribution in [2.24, 2.45) is 0 Å². The van der Waals surface area contributed by atoms with Crippen LogP contribution in [-0.4, -0.2) is 11.5 Å². The Morgan fingerprint density at radius 1 is 0.857 bits per heavy atom. The minimum atomic E-state index is 0. The molecule has 0 N–H and O–H groups in total. The molecule has 0 aromatic rings. The Labute approximate surface area is 59.7 Å². The fourth-order valence-electron chi connectivity index (χ4n) is 0.440. The van der Waals surface area contributed by atoms with Crippen molar-refractivity contribution in [3.05, 3.63) is 0 Å². The van der Waals surface area contributed by atoms with Gasteiger partial charge >= 0.3 is 0 Å². The van der Waals surface area contributed by atoms with Crippen LogP contribution in [-0.2, 0) is 0 Å². The van der Waals surface area contributed by atoms with E-state index >= 15 is 0 Å². The fourth-order valence-corrected chi connectivity index (χ4v) is 2.73. The summed E-state index contributed by atoms with van der Waals surface area (Å²) in [7, 11) is 4.02. The Morgan fingerprint density at radius 2 is 1.29 bits per heavy atom. The van der Waals surface area contributed by atoms with Crippen molar-refractivity contribution in [2.75, 3.05) is 11.5 Å². The maximum Gasteiger partial charge on any atom is 0.00372 e. The highest BCUT2D eigenvalue weighted by molar-refractivity contribution is 8.76. The average molecular weight is 154 g/mol. The van der Waals surface area contributed by atoms with Crippen molar-refractivity contribution in [3.63, 3.8) is 0 Å². The summed E-state index contributed by atoms with van der Waals surface area (Å²) >= 11 is 0. The quantitative estimate of drug-likeness (QED) is 0.491. The van der Waals surface area contributed by atoms with Crippen LogP contribution in [0.15, 0.2) is 0 Å². The molecule has 1 saturated heterocycles. The first-order chi connectivity index (χ1) is 3.00. The Morgan fingerprint density at radius 3 is 1.43 bits per heavy atom. The lowest BCUT2D eigenvalue weighted by atomic mass is 10.4. The molecule has 1 heterocycles. The topological polar surface area (TPSA) is 0 Å². The fraction of sp³-hybridized carbons (Fsp3) is 1.00. The van der Waals surface area contributed by atoms with Crippen LogP contribution in [0.2, 0.25) is 0 Å². The molecule has 1 fully saturated rings. The highest BCUT2D eigenvalue weighted by atomic mass is 33.1. The number of hydrogen-bond donors (Lipinski definition) is 0. The molecule has 0 amide bonds. The first-order valence-electron chi connectivity index (χ1n) is 2.24. The lowest BCUT2D eigenvalue weighted by Gasteiger charge is -2.04. The van der Waals surface area contributed by atoms with E-state index in [0.717, 1.165) is 0 Å². The summed E-state index contributed by atoms with van der Waals surface area (Å²) in [5.41, 5.74) is 0. The molecule has 0 spiro atoms. The molecular weight excluding hydrogens is 144 g/mol. The van der Waals surface area contributed by atoms with Crippen molar-refractivity contribution in [2.45, 2.75) is 12.8 Å². The Bertz CT molecular complexity index is 22.4. The molecule has 0 saturated carbocycles. The molecule has 0 atom stereocenters. The molecule has 1 aliphatic rings. The largest absolute Gasteiger partial charge is 0.197 e. The van der Waals surface area contributed by atoms with Gasteiger partial charge in [0.2, 0.25) is 0 Å². The van der Waals surface area contributed by atoms with Crippen LogP contribution in [0.25, 0.3) is 0 Å². The summed E-state index contributed by atoms with van der Waals surface area (Å²) in [5.74, 6) is 2.76. The van der Waals surface area contributed by atoms with Crippen LogP contribution < -0.4 is 0 Å². The minimum Gasteiger partial charge on any atom is -0.197 e. The Kier molecular flexibility index (Phi) is 5.97. The normalized spacial score (nSPS) is 20.6. The van der Waals surface area contributed by atoms with Gasteiger partial charge in [0.15, 0.2) is 0 Å². The van der Waals surface area contributed by atoms with Gasteiger partial charge in [-0.1, -0.05) is 21.6 Å². The summed E-state index contributed by atoms with van der Waals surface area (Å²) in [5, 5.41) is 0. The lowest BCUT2D eigenvalue weighted by Crippen LogP contribution is -1.86. The monoisotopic (exact) mass is 154 g/mol. The summed E-state index contributed by atoms with van der Waals surface area (Å²) in [6.07, 6.45) is 2.88. The van der Waals surface area contributed by atoms with E-state index < -0.39 is 0 Å². The average Bonchev–Trinajstić information content (AvgIpc) is 1.72. The second-order valence-corrected chi connectivity index (χ2v) is 4.05. The van der Waals surface area contributed by atoms with Gasteiger partial charge in [0.1, 0.15) is 0 Å². The van der Waals surface area contributed by atoms with Crippen LogP contribution in [0.4, 0.5) is 0 Å². The van der Waals surface area contributed by atoms with Gasteiger partial charge in [-0.2, -0.15) is 13.5 Å². The Balaban J connectivity index is 0.000000360. The van der Waals surface area contributed by atoms with Gasteiger partial charge in [-0.05, 0) is 12.8 Å².